The van der Waals surface area contributed by atoms with E-state index in [2.05, 4.69) is 10.1 Å². The molecule has 0 N–H and O–H groups in total. The summed E-state index contributed by atoms with van der Waals surface area (Å²) in [6, 6.07) is 5.53. The summed E-state index contributed by atoms with van der Waals surface area (Å²) in [4.78, 5) is 32.3. The number of morpholine rings is 1. The Hall–Kier alpha value is -2.74. The normalized spacial score (nSPS) is 19.5. The molecule has 1 aromatic heterocycles. The molecule has 1 aromatic carbocycles. The average molecular weight is 356 g/mol. The highest BCUT2D eigenvalue weighted by atomic mass is 16.5. The van der Waals surface area contributed by atoms with E-state index in [9.17, 15) is 9.59 Å². The molecule has 8 nitrogen and oxygen atoms in total. The van der Waals surface area contributed by atoms with Crippen LogP contribution in [0.3, 0.4) is 0 Å². The van der Waals surface area contributed by atoms with Crippen LogP contribution in [0.25, 0.3) is 0 Å². The Balaban J connectivity index is 1.52. The van der Waals surface area contributed by atoms with Gasteiger partial charge in [-0.15, -0.1) is 0 Å². The van der Waals surface area contributed by atoms with Crippen LogP contribution in [0.2, 0.25) is 0 Å². The highest BCUT2D eigenvalue weighted by Crippen LogP contribution is 2.30. The molecule has 8 heteroatoms. The maximum absolute atomic E-state index is 12.9. The van der Waals surface area contributed by atoms with E-state index in [0.717, 1.165) is 17.7 Å². The number of aryl methyl sites for hydroxylation is 1. The summed E-state index contributed by atoms with van der Waals surface area (Å²) in [6.07, 6.45) is 0.386. The number of benzene rings is 1. The van der Waals surface area contributed by atoms with Crippen molar-refractivity contribution in [1.82, 2.24) is 15.0 Å². The van der Waals surface area contributed by atoms with Gasteiger partial charge in [-0.3, -0.25) is 9.59 Å². The van der Waals surface area contributed by atoms with Crippen LogP contribution in [-0.2, 0) is 16.0 Å². The fourth-order valence-corrected chi connectivity index (χ4v) is 3.48. The maximum Gasteiger partial charge on any atom is 0.254 e. The van der Waals surface area contributed by atoms with Gasteiger partial charge in [0, 0.05) is 38.2 Å². The Labute approximate surface area is 150 Å². The summed E-state index contributed by atoms with van der Waals surface area (Å²) in [5, 5.41) is 3.89. The molecule has 26 heavy (non-hydrogen) atoms. The number of ether oxygens (including phenoxy) is 1. The lowest BCUT2D eigenvalue weighted by atomic mass is 10.1. The number of carbonyl (C=O) groups is 2. The fraction of sp³-hybridized carbons (Fsp3) is 0.444. The first-order chi connectivity index (χ1) is 12.5. The second-order valence-electron chi connectivity index (χ2n) is 6.55. The van der Waals surface area contributed by atoms with Crippen molar-refractivity contribution in [2.45, 2.75) is 26.4 Å². The number of nitrogens with zero attached hydrogens (tertiary/aromatic N) is 4. The number of anilines is 1. The molecule has 2 amide bonds. The monoisotopic (exact) mass is 356 g/mol. The fourth-order valence-electron chi connectivity index (χ4n) is 3.48. The van der Waals surface area contributed by atoms with E-state index in [1.807, 2.05) is 12.1 Å². The van der Waals surface area contributed by atoms with Gasteiger partial charge in [0.25, 0.3) is 5.91 Å². The van der Waals surface area contributed by atoms with E-state index in [1.54, 1.807) is 29.7 Å². The SMILES string of the molecule is CC(=O)N1CCc2cc(C(=O)N3CCOC(c4noc(C)n4)C3)ccc21. The minimum atomic E-state index is -0.382. The van der Waals surface area contributed by atoms with Gasteiger partial charge in [-0.25, -0.2) is 0 Å². The van der Waals surface area contributed by atoms with Gasteiger partial charge in [-0.1, -0.05) is 5.16 Å². The molecule has 0 spiro atoms. The molecule has 1 fully saturated rings. The van der Waals surface area contributed by atoms with Gasteiger partial charge in [-0.2, -0.15) is 4.98 Å². The molecule has 0 saturated carbocycles. The third kappa shape index (κ3) is 2.96. The lowest BCUT2D eigenvalue weighted by molar-refractivity contribution is -0.116. The summed E-state index contributed by atoms with van der Waals surface area (Å²) in [5.41, 5.74) is 2.56. The number of hydrogen-bond donors (Lipinski definition) is 0. The van der Waals surface area contributed by atoms with Crippen molar-refractivity contribution >= 4 is 17.5 Å². The summed E-state index contributed by atoms with van der Waals surface area (Å²) in [6.45, 7) is 5.27. The van der Waals surface area contributed by atoms with Gasteiger partial charge in [0.05, 0.1) is 13.2 Å². The third-order valence-corrected chi connectivity index (χ3v) is 4.79. The van der Waals surface area contributed by atoms with E-state index in [0.29, 0.717) is 43.5 Å². The number of carbonyl (C=O) groups excluding carboxylic acids is 2. The van der Waals surface area contributed by atoms with Crippen LogP contribution in [-0.4, -0.2) is 53.1 Å². The van der Waals surface area contributed by atoms with Gasteiger partial charge >= 0.3 is 0 Å². The topological polar surface area (TPSA) is 88.8 Å². The van der Waals surface area contributed by atoms with E-state index in [-0.39, 0.29) is 17.9 Å². The number of rotatable bonds is 2. The lowest BCUT2D eigenvalue weighted by Gasteiger charge is -2.31. The molecule has 1 saturated heterocycles. The van der Waals surface area contributed by atoms with Crippen molar-refractivity contribution in [1.29, 1.82) is 0 Å². The minimum Gasteiger partial charge on any atom is -0.366 e. The molecule has 2 aliphatic heterocycles. The molecule has 1 atom stereocenters. The van der Waals surface area contributed by atoms with Crippen LogP contribution in [0.5, 0.6) is 0 Å². The van der Waals surface area contributed by atoms with Crippen LogP contribution >= 0.6 is 0 Å². The van der Waals surface area contributed by atoms with Crippen molar-refractivity contribution in [3.05, 3.63) is 41.0 Å². The first-order valence-corrected chi connectivity index (χ1v) is 8.65. The van der Waals surface area contributed by atoms with Gasteiger partial charge in [-0.05, 0) is 30.2 Å². The first-order valence-electron chi connectivity index (χ1n) is 8.65. The second kappa shape index (κ2) is 6.53. The van der Waals surface area contributed by atoms with E-state index in [4.69, 9.17) is 9.26 Å². The molecule has 0 radical (unpaired) electrons. The molecular weight excluding hydrogens is 336 g/mol. The first kappa shape index (κ1) is 16.7. The van der Waals surface area contributed by atoms with Crippen LogP contribution < -0.4 is 4.90 Å². The molecule has 4 rings (SSSR count). The highest BCUT2D eigenvalue weighted by molar-refractivity contribution is 5.98. The van der Waals surface area contributed by atoms with Crippen LogP contribution in [0, 0.1) is 6.92 Å². The smallest absolute Gasteiger partial charge is 0.254 e. The standard InChI is InChI=1S/C18H20N4O4/c1-11-19-17(20-26-11)16-10-21(7-8-25-16)18(24)14-3-4-15-13(9-14)5-6-22(15)12(2)23/h3-4,9,16H,5-8,10H2,1-2H3. The molecule has 3 heterocycles. The molecule has 136 valence electrons. The predicted octanol–water partition coefficient (Wildman–Crippen LogP) is 1.50. The Morgan fingerprint density at radius 3 is 2.85 bits per heavy atom. The Morgan fingerprint density at radius 1 is 1.27 bits per heavy atom. The molecule has 2 aromatic rings. The van der Waals surface area contributed by atoms with E-state index < -0.39 is 0 Å². The number of aromatic nitrogens is 2. The Kier molecular flexibility index (Phi) is 4.20. The maximum atomic E-state index is 12.9. The van der Waals surface area contributed by atoms with E-state index >= 15 is 0 Å². The number of fused-ring (bicyclic) bond motifs is 1. The zero-order chi connectivity index (χ0) is 18.3. The molecule has 0 aliphatic carbocycles. The summed E-state index contributed by atoms with van der Waals surface area (Å²) >= 11 is 0. The summed E-state index contributed by atoms with van der Waals surface area (Å²) < 4.78 is 10.7. The average Bonchev–Trinajstić information content (AvgIpc) is 3.27. The van der Waals surface area contributed by atoms with Crippen molar-refractivity contribution < 1.29 is 18.8 Å². The van der Waals surface area contributed by atoms with Crippen LogP contribution in [0.1, 0.15) is 40.7 Å². The Morgan fingerprint density at radius 2 is 2.12 bits per heavy atom. The third-order valence-electron chi connectivity index (χ3n) is 4.79. The Bertz CT molecular complexity index is 863. The molecule has 2 aliphatic rings. The summed E-state index contributed by atoms with van der Waals surface area (Å²) in [7, 11) is 0. The van der Waals surface area contributed by atoms with Gasteiger partial charge in [0.15, 0.2) is 0 Å². The lowest BCUT2D eigenvalue weighted by Crippen LogP contribution is -2.42. The van der Waals surface area contributed by atoms with E-state index in [1.165, 1.54) is 0 Å². The van der Waals surface area contributed by atoms with Crippen molar-refractivity contribution in [2.24, 2.45) is 0 Å². The quantitative estimate of drug-likeness (QED) is 0.810. The largest absolute Gasteiger partial charge is 0.366 e. The zero-order valence-electron chi connectivity index (χ0n) is 14.8. The van der Waals surface area contributed by atoms with Gasteiger partial charge < -0.3 is 19.1 Å². The van der Waals surface area contributed by atoms with Crippen molar-refractivity contribution in [2.75, 3.05) is 31.1 Å². The predicted molar refractivity (Wildman–Crippen MR) is 91.8 cm³/mol. The van der Waals surface area contributed by atoms with Crippen molar-refractivity contribution in [3.8, 4) is 0 Å². The summed E-state index contributed by atoms with van der Waals surface area (Å²) in [5.74, 6) is 0.906. The minimum absolute atomic E-state index is 0.0225. The van der Waals surface area contributed by atoms with Crippen LogP contribution in [0.15, 0.2) is 22.7 Å². The van der Waals surface area contributed by atoms with Gasteiger partial charge in [0.2, 0.25) is 17.6 Å². The van der Waals surface area contributed by atoms with Crippen LogP contribution in [0.4, 0.5) is 5.69 Å². The molecule has 1 unspecified atom stereocenters. The van der Waals surface area contributed by atoms with Crippen molar-refractivity contribution in [3.63, 3.8) is 0 Å². The number of amides is 2. The molecule has 0 bridgehead atoms. The number of hydrogen-bond acceptors (Lipinski definition) is 6. The second-order valence-corrected chi connectivity index (χ2v) is 6.55. The van der Waals surface area contributed by atoms with Gasteiger partial charge in [0.1, 0.15) is 6.10 Å². The zero-order valence-corrected chi connectivity index (χ0v) is 14.8. The highest BCUT2D eigenvalue weighted by Gasteiger charge is 2.30. The molecular formula is C18H20N4O4.